The maximum Gasteiger partial charge on any atom is 0.0528 e. The lowest BCUT2D eigenvalue weighted by molar-refractivity contribution is 1.08. The van der Waals surface area contributed by atoms with Crippen LogP contribution in [0.25, 0.3) is 0 Å². The number of benzene rings is 1. The summed E-state index contributed by atoms with van der Waals surface area (Å²) >= 11 is 4.31. The maximum atomic E-state index is 5.31. The molecule has 0 atom stereocenters. The highest BCUT2D eigenvalue weighted by Crippen LogP contribution is 2.22. The second-order valence-electron chi connectivity index (χ2n) is 2.30. The van der Waals surface area contributed by atoms with Crippen molar-refractivity contribution in [2.45, 2.75) is 18.2 Å². The van der Waals surface area contributed by atoms with Gasteiger partial charge in [-0.2, -0.15) is 0 Å². The van der Waals surface area contributed by atoms with Crippen molar-refractivity contribution in [3.05, 3.63) is 23.8 Å². The summed E-state index contributed by atoms with van der Waals surface area (Å²) in [7, 11) is 0. The fraction of sp³-hybridized carbons (Fsp3) is 0.250. The summed E-state index contributed by atoms with van der Waals surface area (Å²) < 4.78 is 0. The number of nitrogens with two attached hydrogens (primary N) is 1. The van der Waals surface area contributed by atoms with Crippen molar-refractivity contribution >= 4 is 18.3 Å². The number of anilines is 1. The second kappa shape index (κ2) is 3.64. The van der Waals surface area contributed by atoms with Crippen LogP contribution in [0.2, 0.25) is 0 Å². The lowest BCUT2D eigenvalue weighted by atomic mass is 10.1. The molecule has 0 fully saturated rings. The highest BCUT2D eigenvalue weighted by Gasteiger charge is 2.00. The summed E-state index contributed by atoms with van der Waals surface area (Å²) in [6.45, 7) is 2.08. The summed E-state index contributed by atoms with van der Waals surface area (Å²) in [6, 6.07) is 5.83. The average Bonchev–Trinajstić information content (AvgIpc) is 2.04. The summed E-state index contributed by atoms with van der Waals surface area (Å²) in [5, 5.41) is 0. The summed E-state index contributed by atoms with van der Waals surface area (Å²) in [6.07, 6.45) is 0.944. The van der Waals surface area contributed by atoms with E-state index < -0.39 is 0 Å². The molecule has 1 aromatic carbocycles. The van der Waals surface area contributed by atoms with Crippen LogP contribution in [0.15, 0.2) is 23.1 Å². The van der Waals surface area contributed by atoms with Gasteiger partial charge in [-0.25, -0.2) is 0 Å². The van der Waals surface area contributed by atoms with Gasteiger partial charge in [0.1, 0.15) is 0 Å². The van der Waals surface area contributed by atoms with E-state index in [1.54, 1.807) is 0 Å². The van der Waals surface area contributed by atoms with Gasteiger partial charge in [-0.1, -0.05) is 13.0 Å². The van der Waals surface area contributed by atoms with E-state index in [1.807, 2.05) is 18.2 Å². The maximum absolute atomic E-state index is 5.31. The Balaban J connectivity index is 3.13. The van der Waals surface area contributed by atoms with Crippen molar-refractivity contribution in [3.63, 3.8) is 0 Å². The van der Waals surface area contributed by atoms with Crippen LogP contribution >= 0.6 is 12.6 Å². The molecule has 2 nitrogen and oxygen atoms in total. The highest BCUT2D eigenvalue weighted by atomic mass is 32.1. The van der Waals surface area contributed by atoms with Crippen molar-refractivity contribution < 1.29 is 0 Å². The van der Waals surface area contributed by atoms with E-state index in [1.165, 1.54) is 5.56 Å². The van der Waals surface area contributed by atoms with Crippen molar-refractivity contribution in [1.82, 2.24) is 0 Å². The third kappa shape index (κ3) is 1.67. The van der Waals surface area contributed by atoms with Gasteiger partial charge >= 0.3 is 0 Å². The van der Waals surface area contributed by atoms with Gasteiger partial charge in [-0.15, -0.1) is 12.6 Å². The molecule has 0 aromatic heterocycles. The minimum Gasteiger partial charge on any atom is -0.324 e. The molecule has 0 aliphatic carbocycles. The van der Waals surface area contributed by atoms with E-state index in [-0.39, 0.29) is 0 Å². The first-order chi connectivity index (χ1) is 5.29. The largest absolute Gasteiger partial charge is 0.324 e. The van der Waals surface area contributed by atoms with Gasteiger partial charge in [0, 0.05) is 4.90 Å². The van der Waals surface area contributed by atoms with Crippen LogP contribution in [0, 0.1) is 0 Å². The zero-order valence-corrected chi connectivity index (χ0v) is 7.36. The number of rotatable bonds is 2. The molecule has 0 aliphatic rings. The summed E-state index contributed by atoms with van der Waals surface area (Å²) in [4.78, 5) is 0.989. The average molecular weight is 168 g/mol. The molecule has 0 bridgehead atoms. The van der Waals surface area contributed by atoms with Crippen molar-refractivity contribution in [2.24, 2.45) is 5.84 Å². The smallest absolute Gasteiger partial charge is 0.0528 e. The van der Waals surface area contributed by atoms with Crippen LogP contribution in [0.1, 0.15) is 12.5 Å². The van der Waals surface area contributed by atoms with E-state index in [9.17, 15) is 0 Å². The molecule has 60 valence electrons. The van der Waals surface area contributed by atoms with Crippen molar-refractivity contribution in [2.75, 3.05) is 5.43 Å². The van der Waals surface area contributed by atoms with Crippen LogP contribution < -0.4 is 11.3 Å². The standard InChI is InChI=1S/C8H12N2S/c1-2-6-7(10-9)4-3-5-8(6)11/h3-5,10-11H,2,9H2,1H3. The lowest BCUT2D eigenvalue weighted by Crippen LogP contribution is -2.09. The number of hydrazine groups is 1. The molecule has 0 radical (unpaired) electrons. The molecule has 1 rings (SSSR count). The second-order valence-corrected chi connectivity index (χ2v) is 2.78. The molecule has 3 N–H and O–H groups in total. The zero-order chi connectivity index (χ0) is 8.27. The van der Waals surface area contributed by atoms with Crippen LogP contribution in [-0.2, 0) is 6.42 Å². The zero-order valence-electron chi connectivity index (χ0n) is 6.46. The molecule has 0 unspecified atom stereocenters. The van der Waals surface area contributed by atoms with E-state index in [2.05, 4.69) is 25.0 Å². The number of nitrogens with one attached hydrogen (secondary N) is 1. The van der Waals surface area contributed by atoms with Gasteiger partial charge in [0.15, 0.2) is 0 Å². The molecule has 0 amide bonds. The number of hydrogen-bond acceptors (Lipinski definition) is 3. The fourth-order valence-corrected chi connectivity index (χ4v) is 1.45. The Morgan fingerprint density at radius 3 is 2.73 bits per heavy atom. The molecular weight excluding hydrogens is 156 g/mol. The van der Waals surface area contributed by atoms with Crippen LogP contribution in [0.5, 0.6) is 0 Å². The minimum atomic E-state index is 0.944. The van der Waals surface area contributed by atoms with Crippen LogP contribution in [0.4, 0.5) is 5.69 Å². The highest BCUT2D eigenvalue weighted by molar-refractivity contribution is 7.80. The van der Waals surface area contributed by atoms with E-state index in [0.29, 0.717) is 0 Å². The van der Waals surface area contributed by atoms with Crippen LogP contribution in [-0.4, -0.2) is 0 Å². The predicted octanol–water partition coefficient (Wildman–Crippen LogP) is 1.82. The van der Waals surface area contributed by atoms with Crippen molar-refractivity contribution in [1.29, 1.82) is 0 Å². The Labute approximate surface area is 72.2 Å². The van der Waals surface area contributed by atoms with Crippen LogP contribution in [0.3, 0.4) is 0 Å². The Morgan fingerprint density at radius 1 is 1.55 bits per heavy atom. The van der Waals surface area contributed by atoms with Gasteiger partial charge in [-0.05, 0) is 24.1 Å². The minimum absolute atomic E-state index is 0.944. The van der Waals surface area contributed by atoms with Gasteiger partial charge in [0.2, 0.25) is 0 Å². The van der Waals surface area contributed by atoms with Gasteiger partial charge in [-0.3, -0.25) is 5.84 Å². The van der Waals surface area contributed by atoms with E-state index >= 15 is 0 Å². The Hall–Kier alpha value is -0.670. The first kappa shape index (κ1) is 8.43. The van der Waals surface area contributed by atoms with Gasteiger partial charge in [0.25, 0.3) is 0 Å². The quantitative estimate of drug-likeness (QED) is 0.358. The molecule has 3 heteroatoms. The first-order valence-electron chi connectivity index (χ1n) is 3.57. The SMILES string of the molecule is CCc1c(S)cccc1NN. The fourth-order valence-electron chi connectivity index (χ4n) is 1.08. The molecule has 0 aliphatic heterocycles. The Morgan fingerprint density at radius 2 is 2.27 bits per heavy atom. The molecular formula is C8H12N2S. The normalized spacial score (nSPS) is 9.73. The third-order valence-electron chi connectivity index (χ3n) is 1.66. The predicted molar refractivity (Wildman–Crippen MR) is 50.9 cm³/mol. The molecule has 0 saturated carbocycles. The third-order valence-corrected chi connectivity index (χ3v) is 2.08. The number of nitrogen functional groups attached to an aromatic ring is 1. The number of hydrogen-bond donors (Lipinski definition) is 3. The molecule has 11 heavy (non-hydrogen) atoms. The topological polar surface area (TPSA) is 38.0 Å². The lowest BCUT2D eigenvalue weighted by Gasteiger charge is -2.08. The monoisotopic (exact) mass is 168 g/mol. The van der Waals surface area contributed by atoms with E-state index in [4.69, 9.17) is 5.84 Å². The summed E-state index contributed by atoms with van der Waals surface area (Å²) in [5.41, 5.74) is 4.76. The first-order valence-corrected chi connectivity index (χ1v) is 4.01. The Bertz CT molecular complexity index is 248. The summed E-state index contributed by atoms with van der Waals surface area (Å²) in [5.74, 6) is 5.31. The van der Waals surface area contributed by atoms with Gasteiger partial charge < -0.3 is 5.43 Å². The van der Waals surface area contributed by atoms with Gasteiger partial charge in [0.05, 0.1) is 5.69 Å². The van der Waals surface area contributed by atoms with Crippen molar-refractivity contribution in [3.8, 4) is 0 Å². The molecule has 0 heterocycles. The molecule has 0 spiro atoms. The van der Waals surface area contributed by atoms with E-state index in [0.717, 1.165) is 17.0 Å². The Kier molecular flexibility index (Phi) is 2.79. The molecule has 1 aromatic rings. The number of thiol groups is 1. The molecule has 0 saturated heterocycles.